The first-order valence-corrected chi connectivity index (χ1v) is 8.68. The van der Waals surface area contributed by atoms with E-state index in [1.807, 2.05) is 12.1 Å². The summed E-state index contributed by atoms with van der Waals surface area (Å²) >= 11 is 0. The monoisotopic (exact) mass is 327 g/mol. The number of hydrogen-bond donors (Lipinski definition) is 1. The molecule has 0 fully saturated rings. The summed E-state index contributed by atoms with van der Waals surface area (Å²) in [5, 5.41) is 3.62. The van der Waals surface area contributed by atoms with Gasteiger partial charge in [0.15, 0.2) is 11.5 Å². The number of aryl methyl sites for hydroxylation is 2. The average molecular weight is 327 g/mol. The fourth-order valence-electron chi connectivity index (χ4n) is 2.98. The average Bonchev–Trinajstić information content (AvgIpc) is 2.65. The molecule has 1 unspecified atom stereocenters. The van der Waals surface area contributed by atoms with Crippen molar-refractivity contribution in [2.24, 2.45) is 0 Å². The lowest BCUT2D eigenvalue weighted by Crippen LogP contribution is -2.19. The third-order valence-electron chi connectivity index (χ3n) is 4.52. The van der Waals surface area contributed by atoms with Gasteiger partial charge in [-0.05, 0) is 54.2 Å². The molecule has 2 aromatic rings. The van der Waals surface area contributed by atoms with E-state index in [4.69, 9.17) is 9.47 Å². The molecule has 0 aromatic heterocycles. The van der Waals surface area contributed by atoms with Crippen LogP contribution in [0.3, 0.4) is 0 Å². The first-order valence-electron chi connectivity index (χ1n) is 8.68. The van der Waals surface area contributed by atoms with E-state index < -0.39 is 0 Å². The summed E-state index contributed by atoms with van der Waals surface area (Å²) in [4.78, 5) is 0. The van der Waals surface area contributed by atoms with Crippen LogP contribution in [-0.2, 0) is 19.4 Å². The number of nitrogens with one attached hydrogen (secondary N) is 1. The first kappa shape index (κ1) is 18.3. The van der Waals surface area contributed by atoms with E-state index in [0.717, 1.165) is 30.9 Å². The standard InChI is InChI=1S/C21H29NO2/c1-6-16-8-10-19(18(7-2)12-16)15(3)22-14-17-9-11-20(23-4)21(13-17)24-5/h8-13,15,22H,6-7,14H2,1-5H3. The fourth-order valence-corrected chi connectivity index (χ4v) is 2.98. The Morgan fingerprint density at radius 3 is 2.21 bits per heavy atom. The lowest BCUT2D eigenvalue weighted by molar-refractivity contribution is 0.354. The van der Waals surface area contributed by atoms with Gasteiger partial charge >= 0.3 is 0 Å². The van der Waals surface area contributed by atoms with Gasteiger partial charge in [0.2, 0.25) is 0 Å². The molecule has 24 heavy (non-hydrogen) atoms. The minimum absolute atomic E-state index is 0.305. The third kappa shape index (κ3) is 4.30. The zero-order valence-electron chi connectivity index (χ0n) is 15.5. The van der Waals surface area contributed by atoms with Crippen molar-refractivity contribution < 1.29 is 9.47 Å². The largest absolute Gasteiger partial charge is 0.493 e. The second-order valence-corrected chi connectivity index (χ2v) is 6.03. The SMILES string of the molecule is CCc1ccc(C(C)NCc2ccc(OC)c(OC)c2)c(CC)c1. The van der Waals surface area contributed by atoms with Gasteiger partial charge in [-0.1, -0.05) is 38.1 Å². The lowest BCUT2D eigenvalue weighted by atomic mass is 9.96. The van der Waals surface area contributed by atoms with Gasteiger partial charge in [0.25, 0.3) is 0 Å². The molecule has 0 aliphatic rings. The second-order valence-electron chi connectivity index (χ2n) is 6.03. The van der Waals surface area contributed by atoms with Gasteiger partial charge in [-0.3, -0.25) is 0 Å². The van der Waals surface area contributed by atoms with E-state index in [2.05, 4.69) is 50.4 Å². The molecule has 0 saturated heterocycles. The van der Waals surface area contributed by atoms with Crippen LogP contribution >= 0.6 is 0 Å². The van der Waals surface area contributed by atoms with Crippen molar-refractivity contribution >= 4 is 0 Å². The predicted octanol–water partition coefficient (Wildman–Crippen LogP) is 4.68. The molecule has 0 bridgehead atoms. The van der Waals surface area contributed by atoms with Gasteiger partial charge in [0.1, 0.15) is 0 Å². The maximum atomic E-state index is 5.38. The van der Waals surface area contributed by atoms with Crippen LogP contribution in [0, 0.1) is 0 Å². The minimum Gasteiger partial charge on any atom is -0.493 e. The van der Waals surface area contributed by atoms with Gasteiger partial charge < -0.3 is 14.8 Å². The Bertz CT molecular complexity index is 667. The summed E-state index contributed by atoms with van der Waals surface area (Å²) in [7, 11) is 3.32. The van der Waals surface area contributed by atoms with Crippen LogP contribution in [0.1, 0.15) is 49.1 Å². The maximum absolute atomic E-state index is 5.38. The Balaban J connectivity index is 2.09. The molecule has 130 valence electrons. The van der Waals surface area contributed by atoms with Crippen LogP contribution in [-0.4, -0.2) is 14.2 Å². The van der Waals surface area contributed by atoms with Crippen LogP contribution in [0.15, 0.2) is 36.4 Å². The highest BCUT2D eigenvalue weighted by Crippen LogP contribution is 2.28. The van der Waals surface area contributed by atoms with Crippen molar-refractivity contribution in [3.8, 4) is 11.5 Å². The van der Waals surface area contributed by atoms with E-state index in [1.165, 1.54) is 22.3 Å². The van der Waals surface area contributed by atoms with Gasteiger partial charge in [-0.15, -0.1) is 0 Å². The van der Waals surface area contributed by atoms with Crippen LogP contribution in [0.5, 0.6) is 11.5 Å². The molecule has 0 aliphatic heterocycles. The van der Waals surface area contributed by atoms with Crippen molar-refractivity contribution in [1.29, 1.82) is 0 Å². The summed E-state index contributed by atoms with van der Waals surface area (Å²) < 4.78 is 10.7. The van der Waals surface area contributed by atoms with E-state index in [0.29, 0.717) is 6.04 Å². The number of benzene rings is 2. The Kier molecular flexibility index (Phi) is 6.68. The van der Waals surface area contributed by atoms with Crippen molar-refractivity contribution in [2.45, 2.75) is 46.2 Å². The highest BCUT2D eigenvalue weighted by atomic mass is 16.5. The molecule has 2 aromatic carbocycles. The Morgan fingerprint density at radius 1 is 0.875 bits per heavy atom. The summed E-state index contributed by atoms with van der Waals surface area (Å²) in [6.07, 6.45) is 2.15. The lowest BCUT2D eigenvalue weighted by Gasteiger charge is -2.19. The highest BCUT2D eigenvalue weighted by molar-refractivity contribution is 5.43. The van der Waals surface area contributed by atoms with E-state index >= 15 is 0 Å². The first-order chi connectivity index (χ1) is 11.6. The molecular formula is C21H29NO2. The van der Waals surface area contributed by atoms with Crippen molar-refractivity contribution in [3.05, 3.63) is 58.7 Å². The summed E-state index contributed by atoms with van der Waals surface area (Å²) in [6, 6.07) is 13.2. The summed E-state index contributed by atoms with van der Waals surface area (Å²) in [6.45, 7) is 7.44. The molecular weight excluding hydrogens is 298 g/mol. The molecule has 0 amide bonds. The fraction of sp³-hybridized carbons (Fsp3) is 0.429. The molecule has 0 saturated carbocycles. The molecule has 0 spiro atoms. The van der Waals surface area contributed by atoms with Gasteiger partial charge in [0, 0.05) is 12.6 Å². The smallest absolute Gasteiger partial charge is 0.161 e. The number of rotatable bonds is 8. The third-order valence-corrected chi connectivity index (χ3v) is 4.52. The van der Waals surface area contributed by atoms with Crippen molar-refractivity contribution in [1.82, 2.24) is 5.32 Å². The molecule has 1 atom stereocenters. The van der Waals surface area contributed by atoms with Crippen molar-refractivity contribution in [2.75, 3.05) is 14.2 Å². The van der Waals surface area contributed by atoms with Gasteiger partial charge in [-0.25, -0.2) is 0 Å². The highest BCUT2D eigenvalue weighted by Gasteiger charge is 2.11. The second kappa shape index (κ2) is 8.74. The molecule has 0 heterocycles. The molecule has 3 nitrogen and oxygen atoms in total. The van der Waals surface area contributed by atoms with Crippen LogP contribution < -0.4 is 14.8 Å². The molecule has 0 aliphatic carbocycles. The number of ether oxygens (including phenoxy) is 2. The maximum Gasteiger partial charge on any atom is 0.161 e. The molecule has 2 rings (SSSR count). The minimum atomic E-state index is 0.305. The van der Waals surface area contributed by atoms with Gasteiger partial charge in [0.05, 0.1) is 14.2 Å². The van der Waals surface area contributed by atoms with Crippen LogP contribution in [0.2, 0.25) is 0 Å². The quantitative estimate of drug-likeness (QED) is 0.763. The molecule has 3 heteroatoms. The van der Waals surface area contributed by atoms with Crippen LogP contribution in [0.25, 0.3) is 0 Å². The predicted molar refractivity (Wildman–Crippen MR) is 100.0 cm³/mol. The van der Waals surface area contributed by atoms with E-state index in [-0.39, 0.29) is 0 Å². The molecule has 0 radical (unpaired) electrons. The number of hydrogen-bond acceptors (Lipinski definition) is 3. The number of methoxy groups -OCH3 is 2. The van der Waals surface area contributed by atoms with E-state index in [9.17, 15) is 0 Å². The Labute approximate surface area is 146 Å². The topological polar surface area (TPSA) is 30.5 Å². The van der Waals surface area contributed by atoms with Gasteiger partial charge in [-0.2, -0.15) is 0 Å². The summed E-state index contributed by atoms with van der Waals surface area (Å²) in [5.74, 6) is 1.53. The zero-order chi connectivity index (χ0) is 17.5. The van der Waals surface area contributed by atoms with Crippen molar-refractivity contribution in [3.63, 3.8) is 0 Å². The zero-order valence-corrected chi connectivity index (χ0v) is 15.5. The Morgan fingerprint density at radius 2 is 1.58 bits per heavy atom. The summed E-state index contributed by atoms with van der Waals surface area (Å²) in [5.41, 5.74) is 5.40. The Hall–Kier alpha value is -2.00. The van der Waals surface area contributed by atoms with Crippen LogP contribution in [0.4, 0.5) is 0 Å². The normalized spacial score (nSPS) is 12.0. The molecule has 1 N–H and O–H groups in total. The van der Waals surface area contributed by atoms with E-state index in [1.54, 1.807) is 14.2 Å².